The van der Waals surface area contributed by atoms with Crippen molar-refractivity contribution in [3.63, 3.8) is 0 Å². The lowest BCUT2D eigenvalue weighted by molar-refractivity contribution is -0.122. The molecular formula is C17H12Cl3FN2O2. The summed E-state index contributed by atoms with van der Waals surface area (Å²) >= 11 is 17.7. The molecule has 1 fully saturated rings. The molecule has 0 radical (unpaired) electrons. The van der Waals surface area contributed by atoms with Crippen LogP contribution in [0.4, 0.5) is 15.8 Å². The SMILES string of the molecule is O=C(Nc1cc(Cl)ccc1Cl)C1CC(=O)N(c2ccc(F)c(Cl)c2)C1. The molecule has 0 aliphatic carbocycles. The van der Waals surface area contributed by atoms with Crippen molar-refractivity contribution >= 4 is 58.0 Å². The van der Waals surface area contributed by atoms with Crippen molar-refractivity contribution in [2.75, 3.05) is 16.8 Å². The Kier molecular flexibility index (Phi) is 5.18. The van der Waals surface area contributed by atoms with Crippen molar-refractivity contribution in [1.82, 2.24) is 0 Å². The highest BCUT2D eigenvalue weighted by atomic mass is 35.5. The molecule has 1 saturated heterocycles. The highest BCUT2D eigenvalue weighted by molar-refractivity contribution is 6.35. The fourth-order valence-corrected chi connectivity index (χ4v) is 3.13. The van der Waals surface area contributed by atoms with E-state index in [1.54, 1.807) is 12.1 Å². The number of rotatable bonds is 3. The molecule has 2 aromatic carbocycles. The van der Waals surface area contributed by atoms with Crippen molar-refractivity contribution in [1.29, 1.82) is 0 Å². The van der Waals surface area contributed by atoms with E-state index in [1.165, 1.54) is 29.2 Å². The third-order valence-corrected chi connectivity index (χ3v) is 4.75. The van der Waals surface area contributed by atoms with E-state index in [0.717, 1.165) is 0 Å². The Hall–Kier alpha value is -1.82. The third-order valence-electron chi connectivity index (χ3n) is 3.90. The molecule has 2 amide bonds. The van der Waals surface area contributed by atoms with Gasteiger partial charge in [0.2, 0.25) is 11.8 Å². The van der Waals surface area contributed by atoms with Crippen molar-refractivity contribution in [3.05, 3.63) is 57.3 Å². The average Bonchev–Trinajstić information content (AvgIpc) is 2.95. The molecule has 8 heteroatoms. The minimum atomic E-state index is -0.568. The van der Waals surface area contributed by atoms with Crippen LogP contribution in [-0.4, -0.2) is 18.4 Å². The Balaban J connectivity index is 1.74. The number of amides is 2. The first kappa shape index (κ1) is 18.0. The van der Waals surface area contributed by atoms with E-state index in [0.29, 0.717) is 21.4 Å². The van der Waals surface area contributed by atoms with Crippen molar-refractivity contribution in [3.8, 4) is 0 Å². The van der Waals surface area contributed by atoms with E-state index >= 15 is 0 Å². The number of benzene rings is 2. The number of anilines is 2. The smallest absolute Gasteiger partial charge is 0.229 e. The average molecular weight is 402 g/mol. The summed E-state index contributed by atoms with van der Waals surface area (Å²) in [6, 6.07) is 8.72. The molecule has 0 aromatic heterocycles. The number of carbonyl (C=O) groups excluding carboxylic acids is 2. The number of hydrogen-bond donors (Lipinski definition) is 1. The lowest BCUT2D eigenvalue weighted by Gasteiger charge is -2.17. The zero-order valence-electron chi connectivity index (χ0n) is 12.7. The fourth-order valence-electron chi connectivity index (χ4n) is 2.61. The van der Waals surface area contributed by atoms with Crippen molar-refractivity contribution < 1.29 is 14.0 Å². The molecule has 4 nitrogen and oxygen atoms in total. The standard InChI is InChI=1S/C17H12Cl3FN2O2/c18-10-1-3-12(19)15(6-10)22-17(25)9-5-16(24)23(8-9)11-2-4-14(21)13(20)7-11/h1-4,6-7,9H,5,8H2,(H,22,25). The highest BCUT2D eigenvalue weighted by Crippen LogP contribution is 2.30. The van der Waals surface area contributed by atoms with Crippen LogP contribution in [0.25, 0.3) is 0 Å². The molecule has 2 aromatic rings. The number of hydrogen-bond acceptors (Lipinski definition) is 2. The van der Waals surface area contributed by atoms with Gasteiger partial charge < -0.3 is 10.2 Å². The first-order chi connectivity index (χ1) is 11.8. The second-order valence-corrected chi connectivity index (χ2v) is 6.87. The second kappa shape index (κ2) is 7.20. The van der Waals surface area contributed by atoms with Crippen LogP contribution in [0.3, 0.4) is 0 Å². The molecule has 1 atom stereocenters. The van der Waals surface area contributed by atoms with Gasteiger partial charge in [0.25, 0.3) is 0 Å². The van der Waals surface area contributed by atoms with Gasteiger partial charge in [-0.2, -0.15) is 0 Å². The van der Waals surface area contributed by atoms with Gasteiger partial charge in [-0.3, -0.25) is 9.59 Å². The summed E-state index contributed by atoms with van der Waals surface area (Å²) in [5.74, 6) is -1.71. The summed E-state index contributed by atoms with van der Waals surface area (Å²) in [6.07, 6.45) is 0.0407. The van der Waals surface area contributed by atoms with E-state index in [9.17, 15) is 14.0 Å². The Morgan fingerprint density at radius 3 is 2.60 bits per heavy atom. The number of nitrogens with zero attached hydrogens (tertiary/aromatic N) is 1. The molecule has 3 rings (SSSR count). The minimum absolute atomic E-state index is 0.0407. The summed E-state index contributed by atoms with van der Waals surface area (Å²) < 4.78 is 13.3. The van der Waals surface area contributed by atoms with Crippen LogP contribution in [0.15, 0.2) is 36.4 Å². The summed E-state index contributed by atoms with van der Waals surface area (Å²) in [4.78, 5) is 26.1. The maximum absolute atomic E-state index is 13.3. The summed E-state index contributed by atoms with van der Waals surface area (Å²) in [5.41, 5.74) is 0.836. The summed E-state index contributed by atoms with van der Waals surface area (Å²) in [6.45, 7) is 0.171. The lowest BCUT2D eigenvalue weighted by Crippen LogP contribution is -2.28. The monoisotopic (exact) mass is 400 g/mol. The Morgan fingerprint density at radius 2 is 1.88 bits per heavy atom. The third kappa shape index (κ3) is 3.89. The predicted octanol–water partition coefficient (Wildman–Crippen LogP) is 4.78. The maximum Gasteiger partial charge on any atom is 0.229 e. The topological polar surface area (TPSA) is 49.4 Å². The number of carbonyl (C=O) groups is 2. The molecule has 130 valence electrons. The molecule has 1 unspecified atom stereocenters. The van der Waals surface area contributed by atoms with E-state index in [4.69, 9.17) is 34.8 Å². The van der Waals surface area contributed by atoms with Crippen LogP contribution in [0.2, 0.25) is 15.1 Å². The molecule has 0 bridgehead atoms. The van der Waals surface area contributed by atoms with Gasteiger partial charge in [-0.05, 0) is 36.4 Å². The van der Waals surface area contributed by atoms with Gasteiger partial charge in [-0.15, -0.1) is 0 Å². The highest BCUT2D eigenvalue weighted by Gasteiger charge is 2.35. The Morgan fingerprint density at radius 1 is 1.12 bits per heavy atom. The van der Waals surface area contributed by atoms with E-state index in [2.05, 4.69) is 5.32 Å². The largest absolute Gasteiger partial charge is 0.324 e. The molecule has 25 heavy (non-hydrogen) atoms. The lowest BCUT2D eigenvalue weighted by atomic mass is 10.1. The molecular weight excluding hydrogens is 390 g/mol. The van der Waals surface area contributed by atoms with Crippen LogP contribution >= 0.6 is 34.8 Å². The predicted molar refractivity (Wildman–Crippen MR) is 97.0 cm³/mol. The molecule has 0 spiro atoms. The van der Waals surface area contributed by atoms with Crippen LogP contribution < -0.4 is 10.2 Å². The van der Waals surface area contributed by atoms with Gasteiger partial charge in [0, 0.05) is 23.7 Å². The minimum Gasteiger partial charge on any atom is -0.324 e. The first-order valence-corrected chi connectivity index (χ1v) is 8.50. The maximum atomic E-state index is 13.3. The molecule has 1 aliphatic rings. The number of halogens is 4. The van der Waals surface area contributed by atoms with Crippen LogP contribution in [0, 0.1) is 11.7 Å². The van der Waals surface area contributed by atoms with Crippen LogP contribution in [0.1, 0.15) is 6.42 Å². The van der Waals surface area contributed by atoms with Gasteiger partial charge >= 0.3 is 0 Å². The van der Waals surface area contributed by atoms with Crippen molar-refractivity contribution in [2.24, 2.45) is 5.92 Å². The number of nitrogens with one attached hydrogen (secondary N) is 1. The Bertz CT molecular complexity index is 860. The Labute approximate surface area is 158 Å². The zero-order chi connectivity index (χ0) is 18.1. The normalized spacial score (nSPS) is 17.0. The molecule has 0 saturated carbocycles. The fraction of sp³-hybridized carbons (Fsp3) is 0.176. The first-order valence-electron chi connectivity index (χ1n) is 7.36. The van der Waals surface area contributed by atoms with Gasteiger partial charge in [0.15, 0.2) is 0 Å². The summed E-state index contributed by atoms with van der Waals surface area (Å²) in [7, 11) is 0. The van der Waals surface area contributed by atoms with E-state index in [1.807, 2.05) is 0 Å². The van der Waals surface area contributed by atoms with Crippen LogP contribution in [0.5, 0.6) is 0 Å². The zero-order valence-corrected chi connectivity index (χ0v) is 15.0. The molecule has 1 N–H and O–H groups in total. The van der Waals surface area contributed by atoms with E-state index in [-0.39, 0.29) is 29.8 Å². The quantitative estimate of drug-likeness (QED) is 0.805. The summed E-state index contributed by atoms with van der Waals surface area (Å²) in [5, 5.41) is 3.39. The molecule has 1 heterocycles. The van der Waals surface area contributed by atoms with Gasteiger partial charge in [-0.25, -0.2) is 4.39 Å². The van der Waals surface area contributed by atoms with Crippen molar-refractivity contribution in [2.45, 2.75) is 6.42 Å². The van der Waals surface area contributed by atoms with E-state index < -0.39 is 11.7 Å². The second-order valence-electron chi connectivity index (χ2n) is 5.62. The molecule has 1 aliphatic heterocycles. The van der Waals surface area contributed by atoms with Gasteiger partial charge in [0.1, 0.15) is 5.82 Å². The van der Waals surface area contributed by atoms with Gasteiger partial charge in [0.05, 0.1) is 21.7 Å². The van der Waals surface area contributed by atoms with Crippen LogP contribution in [-0.2, 0) is 9.59 Å². The van der Waals surface area contributed by atoms with Gasteiger partial charge in [-0.1, -0.05) is 34.8 Å².